The Kier molecular flexibility index (Phi) is 6.32. The molecule has 0 aromatic heterocycles. The maximum Gasteiger partial charge on any atom is 0.340 e. The Balaban J connectivity index is 2.91. The molecule has 5 heteroatoms. The smallest absolute Gasteiger partial charge is 0.340 e. The fraction of sp³-hybridized carbons (Fsp3) is 0.462. The minimum Gasteiger partial charge on any atom is -0.443 e. The van der Waals surface area contributed by atoms with Crippen molar-refractivity contribution < 1.29 is 9.53 Å². The number of halogens is 2. The minimum atomic E-state index is -0.285. The molecule has 0 bridgehead atoms. The van der Waals surface area contributed by atoms with Crippen molar-refractivity contribution in [3.63, 3.8) is 0 Å². The van der Waals surface area contributed by atoms with Crippen LogP contribution in [0.1, 0.15) is 28.4 Å². The van der Waals surface area contributed by atoms with E-state index in [1.54, 1.807) is 0 Å². The lowest BCUT2D eigenvalue weighted by Crippen LogP contribution is -2.30. The summed E-state index contributed by atoms with van der Waals surface area (Å²) in [6, 6.07) is 5.75. The zero-order valence-electron chi connectivity index (χ0n) is 10.7. The summed E-state index contributed by atoms with van der Waals surface area (Å²) in [6.45, 7) is 1.85. The number of hydrogen-bond donors (Lipinski definition) is 0. The van der Waals surface area contributed by atoms with E-state index >= 15 is 0 Å². The van der Waals surface area contributed by atoms with Gasteiger partial charge < -0.3 is 4.74 Å². The summed E-state index contributed by atoms with van der Waals surface area (Å²) in [5.41, 5.74) is 2.70. The van der Waals surface area contributed by atoms with Crippen molar-refractivity contribution >= 4 is 37.8 Å². The molecule has 18 heavy (non-hydrogen) atoms. The molecule has 0 saturated heterocycles. The quantitative estimate of drug-likeness (QED) is 0.446. The lowest BCUT2D eigenvalue weighted by molar-refractivity contribution is -0.00554. The maximum atomic E-state index is 12.1. The van der Waals surface area contributed by atoms with Crippen molar-refractivity contribution in [1.29, 1.82) is 0 Å². The number of esters is 1. The second kappa shape index (κ2) is 7.26. The monoisotopic (exact) mass is 377 g/mol. The zero-order chi connectivity index (χ0) is 13.7. The number of benzene rings is 1. The molecule has 100 valence electrons. The van der Waals surface area contributed by atoms with Gasteiger partial charge in [-0.25, -0.2) is 4.79 Å². The Hall–Kier alpha value is -0.390. The summed E-state index contributed by atoms with van der Waals surface area (Å²) in [5, 5.41) is 1.41. The van der Waals surface area contributed by atoms with Gasteiger partial charge in [0.1, 0.15) is 0 Å². The van der Waals surface area contributed by atoms with Gasteiger partial charge >= 0.3 is 5.97 Å². The molecule has 1 rings (SSSR count). The molecular formula is C13H17Br2NO2. The SMILES string of the molecule is CC(OC(=O)c1ccc(CBr)cc1CBr)N(C)C. The Morgan fingerprint density at radius 1 is 1.33 bits per heavy atom. The molecule has 0 spiro atoms. The van der Waals surface area contributed by atoms with Crippen LogP contribution >= 0.6 is 31.9 Å². The molecule has 0 N–H and O–H groups in total. The van der Waals surface area contributed by atoms with E-state index in [1.807, 2.05) is 44.1 Å². The van der Waals surface area contributed by atoms with E-state index in [1.165, 1.54) is 0 Å². The summed E-state index contributed by atoms with van der Waals surface area (Å²) in [6.07, 6.45) is -0.239. The molecule has 0 amide bonds. The van der Waals surface area contributed by atoms with Gasteiger partial charge in [-0.2, -0.15) is 0 Å². The molecule has 1 atom stereocenters. The number of rotatable bonds is 5. The number of alkyl halides is 2. The number of ether oxygens (including phenoxy) is 1. The third kappa shape index (κ3) is 4.07. The summed E-state index contributed by atoms with van der Waals surface area (Å²) in [7, 11) is 3.74. The summed E-state index contributed by atoms with van der Waals surface area (Å²) in [4.78, 5) is 13.9. The van der Waals surface area contributed by atoms with Crippen molar-refractivity contribution in [2.45, 2.75) is 23.8 Å². The van der Waals surface area contributed by atoms with Crippen LogP contribution in [0.2, 0.25) is 0 Å². The fourth-order valence-corrected chi connectivity index (χ4v) is 2.18. The number of carbonyl (C=O) groups excluding carboxylic acids is 1. The van der Waals surface area contributed by atoms with Crippen molar-refractivity contribution in [2.24, 2.45) is 0 Å². The predicted molar refractivity (Wildman–Crippen MR) is 80.3 cm³/mol. The second-order valence-electron chi connectivity index (χ2n) is 4.23. The normalized spacial score (nSPS) is 12.6. The average Bonchev–Trinajstić information content (AvgIpc) is 2.37. The highest BCUT2D eigenvalue weighted by Gasteiger charge is 2.16. The van der Waals surface area contributed by atoms with Gasteiger partial charge in [-0.15, -0.1) is 0 Å². The summed E-state index contributed by atoms with van der Waals surface area (Å²) < 4.78 is 5.37. The molecule has 1 aromatic carbocycles. The van der Waals surface area contributed by atoms with Crippen molar-refractivity contribution in [1.82, 2.24) is 4.90 Å². The van der Waals surface area contributed by atoms with E-state index in [0.717, 1.165) is 16.5 Å². The first-order valence-corrected chi connectivity index (χ1v) is 7.85. The third-order valence-corrected chi connectivity index (χ3v) is 3.94. The summed E-state index contributed by atoms with van der Waals surface area (Å²) in [5.74, 6) is -0.285. The largest absolute Gasteiger partial charge is 0.443 e. The van der Waals surface area contributed by atoms with Crippen LogP contribution in [0, 0.1) is 0 Å². The van der Waals surface area contributed by atoms with Crippen LogP contribution in [0.15, 0.2) is 18.2 Å². The van der Waals surface area contributed by atoms with Crippen LogP contribution in [0.3, 0.4) is 0 Å². The van der Waals surface area contributed by atoms with Gasteiger partial charge in [-0.05, 0) is 38.2 Å². The van der Waals surface area contributed by atoms with Gasteiger partial charge in [0.25, 0.3) is 0 Å². The molecule has 1 aromatic rings. The molecule has 0 fully saturated rings. The Bertz CT molecular complexity index is 421. The fourth-order valence-electron chi connectivity index (χ4n) is 1.36. The molecular weight excluding hydrogens is 362 g/mol. The molecule has 0 aliphatic rings. The van der Waals surface area contributed by atoms with Crippen LogP contribution < -0.4 is 0 Å². The molecule has 0 radical (unpaired) electrons. The average molecular weight is 379 g/mol. The van der Waals surface area contributed by atoms with Crippen LogP contribution in [0.25, 0.3) is 0 Å². The molecule has 0 aliphatic heterocycles. The second-order valence-corrected chi connectivity index (χ2v) is 5.35. The van der Waals surface area contributed by atoms with E-state index < -0.39 is 0 Å². The topological polar surface area (TPSA) is 29.5 Å². The Morgan fingerprint density at radius 3 is 2.50 bits per heavy atom. The molecule has 0 aliphatic carbocycles. The number of hydrogen-bond acceptors (Lipinski definition) is 3. The molecule has 3 nitrogen and oxygen atoms in total. The Labute approximate surface area is 125 Å². The number of carbonyl (C=O) groups is 1. The van der Waals surface area contributed by atoms with Gasteiger partial charge in [0.15, 0.2) is 6.23 Å². The van der Waals surface area contributed by atoms with E-state index in [0.29, 0.717) is 10.9 Å². The van der Waals surface area contributed by atoms with E-state index in [4.69, 9.17) is 4.74 Å². The lowest BCUT2D eigenvalue weighted by Gasteiger charge is -2.20. The zero-order valence-corrected chi connectivity index (χ0v) is 13.9. The molecule has 0 saturated carbocycles. The first kappa shape index (κ1) is 15.7. The highest BCUT2D eigenvalue weighted by atomic mass is 79.9. The van der Waals surface area contributed by atoms with Gasteiger partial charge in [0, 0.05) is 10.7 Å². The van der Waals surface area contributed by atoms with Gasteiger partial charge in [-0.3, -0.25) is 4.90 Å². The van der Waals surface area contributed by atoms with Crippen molar-refractivity contribution in [3.8, 4) is 0 Å². The first-order valence-electron chi connectivity index (χ1n) is 5.60. The highest BCUT2D eigenvalue weighted by molar-refractivity contribution is 9.08. The first-order chi connectivity index (χ1) is 8.49. The predicted octanol–water partition coefficient (Wildman–Crippen LogP) is 3.54. The van der Waals surface area contributed by atoms with E-state index in [2.05, 4.69) is 31.9 Å². The van der Waals surface area contributed by atoms with Crippen molar-refractivity contribution in [3.05, 3.63) is 34.9 Å². The molecule has 0 heterocycles. The van der Waals surface area contributed by atoms with Gasteiger partial charge in [0.05, 0.1) is 5.56 Å². The van der Waals surface area contributed by atoms with Crippen LogP contribution in [0.5, 0.6) is 0 Å². The summed E-state index contributed by atoms with van der Waals surface area (Å²) >= 11 is 6.81. The highest BCUT2D eigenvalue weighted by Crippen LogP contribution is 2.18. The van der Waals surface area contributed by atoms with Crippen LogP contribution in [-0.2, 0) is 15.4 Å². The Morgan fingerprint density at radius 2 is 2.00 bits per heavy atom. The van der Waals surface area contributed by atoms with Crippen LogP contribution in [0.4, 0.5) is 0 Å². The standard InChI is InChI=1S/C13H17Br2NO2/c1-9(16(2)3)18-13(17)12-5-4-10(7-14)6-11(12)8-15/h4-6,9H,7-8H2,1-3H3. The van der Waals surface area contributed by atoms with Gasteiger partial charge in [-0.1, -0.05) is 44.0 Å². The van der Waals surface area contributed by atoms with Gasteiger partial charge in [0.2, 0.25) is 0 Å². The number of nitrogens with zero attached hydrogens (tertiary/aromatic N) is 1. The lowest BCUT2D eigenvalue weighted by atomic mass is 10.1. The minimum absolute atomic E-state index is 0.239. The van der Waals surface area contributed by atoms with Crippen molar-refractivity contribution in [2.75, 3.05) is 14.1 Å². The maximum absolute atomic E-state index is 12.1. The van der Waals surface area contributed by atoms with Crippen LogP contribution in [-0.4, -0.2) is 31.2 Å². The molecule has 1 unspecified atom stereocenters. The van der Waals surface area contributed by atoms with E-state index in [-0.39, 0.29) is 12.2 Å². The third-order valence-electron chi connectivity index (χ3n) is 2.69. The van der Waals surface area contributed by atoms with E-state index in [9.17, 15) is 4.79 Å².